The minimum atomic E-state index is -4.52. The van der Waals surface area contributed by atoms with Gasteiger partial charge in [0.1, 0.15) is 11.4 Å². The minimum absolute atomic E-state index is 0.102. The number of allylic oxidation sites excluding steroid dienone is 8. The molecule has 0 aromatic carbocycles. The molecule has 0 aromatic rings. The Hall–Kier alpha value is -0.880. The summed E-state index contributed by atoms with van der Waals surface area (Å²) in [6, 6.07) is 0. The summed E-state index contributed by atoms with van der Waals surface area (Å²) >= 11 is 7.29. The normalized spacial score (nSPS) is 32.5. The van der Waals surface area contributed by atoms with Crippen molar-refractivity contribution < 1.29 is 17.6 Å². The first kappa shape index (κ1) is 15.0. The average molecular weight is 338 g/mol. The number of halogens is 5. The zero-order valence-corrected chi connectivity index (χ0v) is 12.4. The van der Waals surface area contributed by atoms with Crippen LogP contribution in [0, 0.1) is 5.92 Å². The van der Waals surface area contributed by atoms with Crippen molar-refractivity contribution in [1.82, 2.24) is 5.32 Å². The van der Waals surface area contributed by atoms with Crippen LogP contribution in [0.5, 0.6) is 0 Å². The highest BCUT2D eigenvalue weighted by molar-refractivity contribution is 8.03. The molecular weight excluding hydrogens is 326 g/mol. The van der Waals surface area contributed by atoms with E-state index in [0.29, 0.717) is 27.8 Å². The molecule has 2 heterocycles. The molecule has 0 bridgehead atoms. The van der Waals surface area contributed by atoms with E-state index in [0.717, 1.165) is 6.08 Å². The van der Waals surface area contributed by atoms with E-state index in [-0.39, 0.29) is 6.42 Å². The van der Waals surface area contributed by atoms with Crippen molar-refractivity contribution in [3.05, 3.63) is 45.6 Å². The molecule has 0 saturated heterocycles. The molecule has 2 unspecified atom stereocenters. The minimum Gasteiger partial charge on any atom is -0.354 e. The van der Waals surface area contributed by atoms with Crippen LogP contribution in [0.15, 0.2) is 45.6 Å². The fourth-order valence-corrected chi connectivity index (χ4v) is 4.32. The van der Waals surface area contributed by atoms with Crippen molar-refractivity contribution in [3.8, 4) is 0 Å². The molecule has 0 fully saturated rings. The van der Waals surface area contributed by atoms with E-state index in [9.17, 15) is 13.2 Å². The van der Waals surface area contributed by atoms with E-state index in [4.69, 9.17) is 11.6 Å². The highest BCUT2D eigenvalue weighted by Gasteiger charge is 2.47. The molecule has 0 aromatic heterocycles. The van der Waals surface area contributed by atoms with Crippen molar-refractivity contribution in [2.45, 2.75) is 24.7 Å². The van der Waals surface area contributed by atoms with E-state index >= 15 is 4.39 Å². The second kappa shape index (κ2) is 5.09. The van der Waals surface area contributed by atoms with Crippen LogP contribution >= 0.6 is 23.4 Å². The van der Waals surface area contributed by atoms with Crippen LogP contribution < -0.4 is 5.32 Å². The maximum absolute atomic E-state index is 15.2. The van der Waals surface area contributed by atoms with Crippen molar-refractivity contribution in [2.75, 3.05) is 5.75 Å². The molecule has 3 aliphatic rings. The van der Waals surface area contributed by atoms with E-state index in [1.54, 1.807) is 6.08 Å². The number of hydrogen-bond donors (Lipinski definition) is 1. The lowest BCUT2D eigenvalue weighted by Crippen LogP contribution is -2.38. The standard InChI is InChI=1S/C14H12ClF4NS/c15-8-2-1-4-13(16,7-8)9-6-11(14(17,18)19)20-10-3-5-21-12(9)10/h1-2,4,6,9,20H,3,5,7H2. The van der Waals surface area contributed by atoms with Crippen molar-refractivity contribution >= 4 is 23.4 Å². The molecule has 0 spiro atoms. The SMILES string of the molecule is FC(F)(F)C1=CC(C2(F)C=CC=C(Cl)C2)C2=C(CCS2)N1. The third kappa shape index (κ3) is 2.75. The molecule has 114 valence electrons. The average Bonchev–Trinajstić information content (AvgIpc) is 2.84. The topological polar surface area (TPSA) is 12.0 Å². The maximum atomic E-state index is 15.2. The lowest BCUT2D eigenvalue weighted by Gasteiger charge is -2.35. The Kier molecular flexibility index (Phi) is 3.64. The lowest BCUT2D eigenvalue weighted by atomic mass is 9.81. The predicted molar refractivity (Wildman–Crippen MR) is 76.4 cm³/mol. The summed E-state index contributed by atoms with van der Waals surface area (Å²) < 4.78 is 54.2. The van der Waals surface area contributed by atoms with Gasteiger partial charge in [0.2, 0.25) is 0 Å². The fourth-order valence-electron chi connectivity index (χ4n) is 2.75. The molecule has 1 N–H and O–H groups in total. The van der Waals surface area contributed by atoms with Gasteiger partial charge in [-0.25, -0.2) is 4.39 Å². The number of rotatable bonds is 1. The van der Waals surface area contributed by atoms with Gasteiger partial charge in [0.25, 0.3) is 0 Å². The van der Waals surface area contributed by atoms with Crippen molar-refractivity contribution in [3.63, 3.8) is 0 Å². The van der Waals surface area contributed by atoms with Gasteiger partial charge in [-0.1, -0.05) is 17.7 Å². The molecule has 7 heteroatoms. The Morgan fingerprint density at radius 1 is 1.38 bits per heavy atom. The molecule has 0 radical (unpaired) electrons. The van der Waals surface area contributed by atoms with Gasteiger partial charge in [0.15, 0.2) is 0 Å². The number of thioether (sulfide) groups is 1. The molecular formula is C14H12ClF4NS. The van der Waals surface area contributed by atoms with Gasteiger partial charge in [0, 0.05) is 27.8 Å². The van der Waals surface area contributed by atoms with Crippen molar-refractivity contribution in [2.24, 2.45) is 5.92 Å². The Morgan fingerprint density at radius 2 is 2.14 bits per heavy atom. The van der Waals surface area contributed by atoms with Crippen LogP contribution in [0.3, 0.4) is 0 Å². The van der Waals surface area contributed by atoms with Gasteiger partial charge in [-0.15, -0.1) is 11.8 Å². The Bertz CT molecular complexity index is 590. The van der Waals surface area contributed by atoms with E-state index in [2.05, 4.69) is 5.32 Å². The van der Waals surface area contributed by atoms with Gasteiger partial charge in [-0.3, -0.25) is 0 Å². The summed E-state index contributed by atoms with van der Waals surface area (Å²) in [5.41, 5.74) is -2.32. The van der Waals surface area contributed by atoms with Gasteiger partial charge in [-0.2, -0.15) is 13.2 Å². The fraction of sp³-hybridized carbons (Fsp3) is 0.429. The number of hydrogen-bond acceptors (Lipinski definition) is 2. The second-order valence-electron chi connectivity index (χ2n) is 5.20. The first-order valence-corrected chi connectivity index (χ1v) is 7.81. The van der Waals surface area contributed by atoms with E-state index in [1.165, 1.54) is 23.9 Å². The summed E-state index contributed by atoms with van der Waals surface area (Å²) in [5.74, 6) is -0.284. The van der Waals surface area contributed by atoms with Crippen LogP contribution in [-0.4, -0.2) is 17.6 Å². The largest absolute Gasteiger partial charge is 0.430 e. The van der Waals surface area contributed by atoms with Gasteiger partial charge in [-0.05, 0) is 24.6 Å². The summed E-state index contributed by atoms with van der Waals surface area (Å²) in [6.45, 7) is 0. The molecule has 0 saturated carbocycles. The van der Waals surface area contributed by atoms with E-state index < -0.39 is 23.5 Å². The summed E-state index contributed by atoms with van der Waals surface area (Å²) in [7, 11) is 0. The van der Waals surface area contributed by atoms with Gasteiger partial charge in [0.05, 0.1) is 5.92 Å². The zero-order valence-electron chi connectivity index (χ0n) is 10.8. The van der Waals surface area contributed by atoms with Crippen LogP contribution in [0.1, 0.15) is 12.8 Å². The molecule has 3 rings (SSSR count). The first-order valence-electron chi connectivity index (χ1n) is 6.44. The smallest absolute Gasteiger partial charge is 0.354 e. The zero-order chi connectivity index (χ0) is 15.3. The summed E-state index contributed by atoms with van der Waals surface area (Å²) in [6.07, 6.45) is 1.17. The van der Waals surface area contributed by atoms with E-state index in [1.807, 2.05) is 0 Å². The molecule has 1 nitrogen and oxygen atoms in total. The van der Waals surface area contributed by atoms with Crippen LogP contribution in [0.25, 0.3) is 0 Å². The second-order valence-corrected chi connectivity index (χ2v) is 6.82. The quantitative estimate of drug-likeness (QED) is 0.690. The number of dihydropyridines is 1. The summed E-state index contributed by atoms with van der Waals surface area (Å²) in [5, 5.41) is 2.72. The first-order chi connectivity index (χ1) is 9.79. The Labute approximate surface area is 128 Å². The maximum Gasteiger partial charge on any atom is 0.430 e. The molecule has 21 heavy (non-hydrogen) atoms. The Morgan fingerprint density at radius 3 is 2.81 bits per heavy atom. The van der Waals surface area contributed by atoms with Gasteiger partial charge >= 0.3 is 6.18 Å². The lowest BCUT2D eigenvalue weighted by molar-refractivity contribution is -0.0969. The van der Waals surface area contributed by atoms with Crippen LogP contribution in [0.2, 0.25) is 0 Å². The Balaban J connectivity index is 2.01. The predicted octanol–water partition coefficient (Wildman–Crippen LogP) is 4.79. The monoisotopic (exact) mass is 337 g/mol. The molecule has 2 aliphatic heterocycles. The van der Waals surface area contributed by atoms with Gasteiger partial charge < -0.3 is 5.32 Å². The van der Waals surface area contributed by atoms with Crippen LogP contribution in [-0.2, 0) is 0 Å². The molecule has 1 aliphatic carbocycles. The number of nitrogens with one attached hydrogen (secondary N) is 1. The number of alkyl halides is 4. The van der Waals surface area contributed by atoms with Crippen molar-refractivity contribution in [1.29, 1.82) is 0 Å². The highest BCUT2D eigenvalue weighted by Crippen LogP contribution is 2.50. The third-order valence-corrected chi connectivity index (χ3v) is 5.20. The molecule has 2 atom stereocenters. The highest BCUT2D eigenvalue weighted by atomic mass is 35.5. The third-order valence-electron chi connectivity index (χ3n) is 3.72. The summed E-state index contributed by atoms with van der Waals surface area (Å²) in [4.78, 5) is 0.654. The molecule has 0 amide bonds. The van der Waals surface area contributed by atoms with Crippen LogP contribution in [0.4, 0.5) is 17.6 Å².